The second-order valence-electron chi connectivity index (χ2n) is 12.1. The molecule has 0 aliphatic rings. The fourth-order valence-corrected chi connectivity index (χ4v) is 5.48. The lowest BCUT2D eigenvalue weighted by Crippen LogP contribution is -2.53. The molecule has 0 unspecified atom stereocenters. The third kappa shape index (κ3) is 9.60. The van der Waals surface area contributed by atoms with Gasteiger partial charge in [0.2, 0.25) is 21.8 Å². The summed E-state index contributed by atoms with van der Waals surface area (Å²) < 4.78 is 27.1. The van der Waals surface area contributed by atoms with Crippen molar-refractivity contribution in [3.8, 4) is 0 Å². The summed E-state index contributed by atoms with van der Waals surface area (Å²) in [5, 5.41) is 3.53. The second-order valence-corrected chi connectivity index (χ2v) is 14.4. The Kier molecular flexibility index (Phi) is 11.2. The van der Waals surface area contributed by atoms with Crippen LogP contribution in [-0.4, -0.2) is 50.5 Å². The molecular weight excluding hydrogens is 570 g/mol. The fourth-order valence-electron chi connectivity index (χ4n) is 4.50. The van der Waals surface area contributed by atoms with Gasteiger partial charge in [-0.2, -0.15) is 0 Å². The van der Waals surface area contributed by atoms with Crippen LogP contribution in [0.1, 0.15) is 51.3 Å². The van der Waals surface area contributed by atoms with Gasteiger partial charge in [0.25, 0.3) is 0 Å². The molecule has 3 aromatic carbocycles. The highest BCUT2D eigenvalue weighted by molar-refractivity contribution is 7.92. The molecule has 7 nitrogen and oxygen atoms in total. The molecule has 0 aromatic heterocycles. The van der Waals surface area contributed by atoms with Crippen molar-refractivity contribution in [2.75, 3.05) is 23.7 Å². The number of amides is 2. The maximum atomic E-state index is 14.2. The number of nitrogens with one attached hydrogen (secondary N) is 1. The van der Waals surface area contributed by atoms with Gasteiger partial charge in [0.1, 0.15) is 12.6 Å². The van der Waals surface area contributed by atoms with E-state index in [1.54, 1.807) is 36.4 Å². The third-order valence-corrected chi connectivity index (χ3v) is 8.31. The van der Waals surface area contributed by atoms with Gasteiger partial charge < -0.3 is 10.2 Å². The van der Waals surface area contributed by atoms with E-state index in [0.717, 1.165) is 27.3 Å². The van der Waals surface area contributed by atoms with Gasteiger partial charge in [-0.15, -0.1) is 0 Å². The number of halogens is 1. The zero-order chi connectivity index (χ0) is 31.1. The van der Waals surface area contributed by atoms with Crippen LogP contribution < -0.4 is 9.62 Å². The van der Waals surface area contributed by atoms with Crippen molar-refractivity contribution in [2.24, 2.45) is 5.92 Å². The van der Waals surface area contributed by atoms with Gasteiger partial charge in [0.15, 0.2) is 0 Å². The maximum absolute atomic E-state index is 14.2. The zero-order valence-corrected chi connectivity index (χ0v) is 26.9. The van der Waals surface area contributed by atoms with E-state index in [9.17, 15) is 18.0 Å². The summed E-state index contributed by atoms with van der Waals surface area (Å²) >= 11 is 6.11. The molecule has 42 heavy (non-hydrogen) atoms. The summed E-state index contributed by atoms with van der Waals surface area (Å²) in [5.41, 5.74) is 2.96. The van der Waals surface area contributed by atoms with Crippen LogP contribution in [0.15, 0.2) is 78.9 Å². The summed E-state index contributed by atoms with van der Waals surface area (Å²) in [6, 6.07) is 22.8. The Bertz CT molecular complexity index is 1440. The maximum Gasteiger partial charge on any atom is 0.244 e. The number of carbonyl (C=O) groups excluding carboxylic acids is 2. The van der Waals surface area contributed by atoms with Gasteiger partial charge in [0, 0.05) is 24.5 Å². The number of carbonyl (C=O) groups is 2. The summed E-state index contributed by atoms with van der Waals surface area (Å²) in [5.74, 6) is -0.574. The minimum Gasteiger partial charge on any atom is -0.354 e. The number of anilines is 1. The van der Waals surface area contributed by atoms with Gasteiger partial charge >= 0.3 is 0 Å². The SMILES string of the molecule is CC(C)CNC(=O)[C@H](Cc1ccccc1)N(Cc1ccc(Cl)cc1)C(=O)CN(c1ccc(C(C)(C)C)cc1)S(C)(=O)=O. The van der Waals surface area contributed by atoms with Crippen molar-refractivity contribution in [2.45, 2.75) is 59.0 Å². The standard InChI is InChI=1S/C33H42ClN3O4S/c1-24(2)21-35-32(39)30(20-25-10-8-7-9-11-25)36(22-26-12-16-28(34)17-13-26)31(38)23-37(42(6,40)41)29-18-14-27(15-19-29)33(3,4)5/h7-19,24,30H,20-23H2,1-6H3,(H,35,39)/t30-/m0/s1. The summed E-state index contributed by atoms with van der Waals surface area (Å²) in [4.78, 5) is 29.3. The first kappa shape index (κ1) is 33.1. The number of hydrogen-bond acceptors (Lipinski definition) is 4. The lowest BCUT2D eigenvalue weighted by molar-refractivity contribution is -0.140. The molecule has 9 heteroatoms. The second kappa shape index (κ2) is 14.2. The topological polar surface area (TPSA) is 86.8 Å². The Morgan fingerprint density at radius 1 is 0.881 bits per heavy atom. The molecule has 3 rings (SSSR count). The van der Waals surface area contributed by atoms with Gasteiger partial charge in [-0.1, -0.05) is 101 Å². The smallest absolute Gasteiger partial charge is 0.244 e. The molecule has 0 aliphatic heterocycles. The molecule has 0 heterocycles. The average molecular weight is 612 g/mol. The minimum absolute atomic E-state index is 0.100. The van der Waals surface area contributed by atoms with E-state index in [4.69, 9.17) is 11.6 Å². The summed E-state index contributed by atoms with van der Waals surface area (Å²) in [6.07, 6.45) is 1.35. The van der Waals surface area contributed by atoms with Crippen molar-refractivity contribution in [3.05, 3.63) is 101 Å². The minimum atomic E-state index is -3.83. The first-order valence-electron chi connectivity index (χ1n) is 14.1. The van der Waals surface area contributed by atoms with Crippen LogP contribution in [0.5, 0.6) is 0 Å². The molecule has 0 bridgehead atoms. The molecule has 0 fully saturated rings. The Morgan fingerprint density at radius 3 is 2.00 bits per heavy atom. The first-order valence-corrected chi connectivity index (χ1v) is 16.3. The number of benzene rings is 3. The highest BCUT2D eigenvalue weighted by Gasteiger charge is 2.33. The molecular formula is C33H42ClN3O4S. The fraction of sp³-hybridized carbons (Fsp3) is 0.394. The monoisotopic (exact) mass is 611 g/mol. The van der Waals surface area contributed by atoms with Crippen LogP contribution in [0.3, 0.4) is 0 Å². The Hall–Kier alpha value is -3.36. The molecule has 0 saturated carbocycles. The van der Waals surface area contributed by atoms with E-state index in [0.29, 0.717) is 17.3 Å². The van der Waals surface area contributed by atoms with Gasteiger partial charge in [-0.25, -0.2) is 8.42 Å². The molecule has 1 atom stereocenters. The largest absolute Gasteiger partial charge is 0.354 e. The van der Waals surface area contributed by atoms with Crippen molar-refractivity contribution in [1.82, 2.24) is 10.2 Å². The van der Waals surface area contributed by atoms with Gasteiger partial charge in [0.05, 0.1) is 11.9 Å². The van der Waals surface area contributed by atoms with Crippen molar-refractivity contribution < 1.29 is 18.0 Å². The molecule has 2 amide bonds. The molecule has 0 radical (unpaired) electrons. The number of sulfonamides is 1. The first-order chi connectivity index (χ1) is 19.6. The van der Waals surface area contributed by atoms with E-state index >= 15 is 0 Å². The van der Waals surface area contributed by atoms with Crippen LogP contribution in [0.2, 0.25) is 5.02 Å². The van der Waals surface area contributed by atoms with Crippen LogP contribution in [-0.2, 0) is 38.0 Å². The highest BCUT2D eigenvalue weighted by Crippen LogP contribution is 2.26. The van der Waals surface area contributed by atoms with E-state index in [1.165, 1.54) is 4.90 Å². The highest BCUT2D eigenvalue weighted by atomic mass is 35.5. The lowest BCUT2D eigenvalue weighted by Gasteiger charge is -2.33. The molecule has 0 spiro atoms. The Balaban J connectivity index is 2.04. The molecule has 0 saturated heterocycles. The summed E-state index contributed by atoms with van der Waals surface area (Å²) in [7, 11) is -3.83. The van der Waals surface area contributed by atoms with Gasteiger partial charge in [-0.3, -0.25) is 13.9 Å². The predicted octanol–water partition coefficient (Wildman–Crippen LogP) is 5.82. The number of rotatable bonds is 12. The zero-order valence-electron chi connectivity index (χ0n) is 25.3. The van der Waals surface area contributed by atoms with Gasteiger partial charge in [-0.05, 0) is 52.3 Å². The van der Waals surface area contributed by atoms with Crippen molar-refractivity contribution in [1.29, 1.82) is 0 Å². The molecule has 0 aliphatic carbocycles. The normalized spacial score (nSPS) is 12.6. The number of hydrogen-bond donors (Lipinski definition) is 1. The lowest BCUT2D eigenvalue weighted by atomic mass is 9.87. The van der Waals surface area contributed by atoms with Crippen LogP contribution in [0.25, 0.3) is 0 Å². The van der Waals surface area contributed by atoms with E-state index < -0.39 is 28.5 Å². The van der Waals surface area contributed by atoms with Crippen LogP contribution >= 0.6 is 11.6 Å². The molecule has 226 valence electrons. The van der Waals surface area contributed by atoms with Crippen molar-refractivity contribution in [3.63, 3.8) is 0 Å². The van der Waals surface area contributed by atoms with E-state index in [1.807, 2.05) is 56.3 Å². The predicted molar refractivity (Wildman–Crippen MR) is 171 cm³/mol. The third-order valence-electron chi connectivity index (χ3n) is 6.92. The quantitative estimate of drug-likeness (QED) is 0.280. The van der Waals surface area contributed by atoms with Crippen molar-refractivity contribution >= 4 is 39.1 Å². The Labute approximate surface area is 255 Å². The van der Waals surface area contributed by atoms with E-state index in [-0.39, 0.29) is 30.2 Å². The van der Waals surface area contributed by atoms with Crippen LogP contribution in [0.4, 0.5) is 5.69 Å². The summed E-state index contributed by atoms with van der Waals surface area (Å²) in [6.45, 7) is 10.3. The molecule has 1 N–H and O–H groups in total. The van der Waals surface area contributed by atoms with Crippen LogP contribution in [0, 0.1) is 5.92 Å². The average Bonchev–Trinajstić information content (AvgIpc) is 2.92. The van der Waals surface area contributed by atoms with E-state index in [2.05, 4.69) is 26.1 Å². The molecule has 3 aromatic rings. The Morgan fingerprint density at radius 2 is 1.48 bits per heavy atom. The number of nitrogens with zero attached hydrogens (tertiary/aromatic N) is 2.